The van der Waals surface area contributed by atoms with Crippen LogP contribution in [0.2, 0.25) is 0 Å². The fraction of sp³-hybridized carbons (Fsp3) is 0.150. The van der Waals surface area contributed by atoms with Crippen molar-refractivity contribution in [2.45, 2.75) is 11.3 Å². The van der Waals surface area contributed by atoms with Crippen LogP contribution in [0.1, 0.15) is 5.56 Å². The number of thioether (sulfide) groups is 1. The second kappa shape index (κ2) is 7.98. The van der Waals surface area contributed by atoms with Gasteiger partial charge in [-0.1, -0.05) is 12.1 Å². The molecule has 0 fully saturated rings. The van der Waals surface area contributed by atoms with Gasteiger partial charge in [-0.2, -0.15) is 5.26 Å². The highest BCUT2D eigenvalue weighted by Gasteiger charge is 2.18. The van der Waals surface area contributed by atoms with Gasteiger partial charge in [0.25, 0.3) is 5.56 Å². The zero-order chi connectivity index (χ0) is 19.4. The lowest BCUT2D eigenvalue weighted by Crippen LogP contribution is -2.33. The predicted molar refractivity (Wildman–Crippen MR) is 106 cm³/mol. The maximum atomic E-state index is 12.7. The first-order valence-electron chi connectivity index (χ1n) is 8.13. The van der Waals surface area contributed by atoms with E-state index in [1.54, 1.807) is 43.1 Å². The first-order valence-corrected chi connectivity index (χ1v) is 9.35. The number of nitrogens with one attached hydrogen (secondary N) is 1. The van der Waals surface area contributed by atoms with Crippen molar-refractivity contribution in [2.75, 3.05) is 13.4 Å². The summed E-state index contributed by atoms with van der Waals surface area (Å²) in [5, 5.41) is 9.19. The number of nitrogens with zero attached hydrogens (tertiary/aromatic N) is 2. The summed E-state index contributed by atoms with van der Waals surface area (Å²) in [5.74, 6) is 0.652. The van der Waals surface area contributed by atoms with Crippen molar-refractivity contribution < 1.29 is 4.74 Å². The molecule has 0 saturated heterocycles. The van der Waals surface area contributed by atoms with E-state index in [-0.39, 0.29) is 12.0 Å². The van der Waals surface area contributed by atoms with Crippen LogP contribution in [0.15, 0.2) is 63.0 Å². The van der Waals surface area contributed by atoms with Crippen molar-refractivity contribution >= 4 is 11.8 Å². The monoisotopic (exact) mass is 379 g/mol. The molecular formula is C20H17N3O3S. The third-order valence-electron chi connectivity index (χ3n) is 4.16. The van der Waals surface area contributed by atoms with Gasteiger partial charge < -0.3 is 4.74 Å². The summed E-state index contributed by atoms with van der Waals surface area (Å²) >= 11 is 1.60. The molecule has 1 aromatic heterocycles. The molecule has 1 heterocycles. The molecule has 0 spiro atoms. The van der Waals surface area contributed by atoms with Gasteiger partial charge in [0, 0.05) is 4.90 Å². The molecule has 0 aliphatic carbocycles. The van der Waals surface area contributed by atoms with E-state index in [4.69, 9.17) is 4.74 Å². The quantitative estimate of drug-likeness (QED) is 0.689. The zero-order valence-electron chi connectivity index (χ0n) is 14.9. The molecule has 0 aliphatic heterocycles. The SMILES string of the molecule is COc1ccc(-n2c(-c3ccc(SC)cc3)c(CC#N)c(=O)[nH]c2=O)cc1. The molecule has 0 bridgehead atoms. The largest absolute Gasteiger partial charge is 0.497 e. The standard InChI is InChI=1S/C20H17N3O3S/c1-26-15-7-5-14(6-8-15)23-18(13-3-9-16(27-2)10-4-13)17(11-12-21)19(24)22-20(23)25/h3-10H,11H2,1-2H3,(H,22,24,25). The minimum atomic E-state index is -0.559. The number of aromatic amines is 1. The highest BCUT2D eigenvalue weighted by Crippen LogP contribution is 2.27. The molecule has 136 valence electrons. The van der Waals surface area contributed by atoms with Crippen molar-refractivity contribution in [3.63, 3.8) is 0 Å². The van der Waals surface area contributed by atoms with Gasteiger partial charge in [0.15, 0.2) is 0 Å². The number of hydrogen-bond acceptors (Lipinski definition) is 5. The third kappa shape index (κ3) is 3.66. The Bertz CT molecular complexity index is 1110. The van der Waals surface area contributed by atoms with E-state index in [1.807, 2.05) is 36.6 Å². The van der Waals surface area contributed by atoms with Crippen molar-refractivity contribution in [2.24, 2.45) is 0 Å². The summed E-state index contributed by atoms with van der Waals surface area (Å²) in [4.78, 5) is 28.4. The van der Waals surface area contributed by atoms with Crippen LogP contribution < -0.4 is 16.0 Å². The van der Waals surface area contributed by atoms with Gasteiger partial charge in [-0.15, -0.1) is 11.8 Å². The molecule has 27 heavy (non-hydrogen) atoms. The van der Waals surface area contributed by atoms with Crippen LogP contribution in [0, 0.1) is 11.3 Å². The Labute approximate surface area is 160 Å². The molecule has 7 heteroatoms. The topological polar surface area (TPSA) is 87.9 Å². The lowest BCUT2D eigenvalue weighted by molar-refractivity contribution is 0.414. The van der Waals surface area contributed by atoms with E-state index in [2.05, 4.69) is 4.98 Å². The van der Waals surface area contributed by atoms with Crippen LogP contribution in [-0.4, -0.2) is 22.9 Å². The minimum absolute atomic E-state index is 0.106. The number of ether oxygens (including phenoxy) is 1. The van der Waals surface area contributed by atoms with Crippen molar-refractivity contribution in [1.29, 1.82) is 5.26 Å². The fourth-order valence-corrected chi connectivity index (χ4v) is 3.25. The average Bonchev–Trinajstić information content (AvgIpc) is 2.70. The number of methoxy groups -OCH3 is 1. The molecular weight excluding hydrogens is 362 g/mol. The zero-order valence-corrected chi connectivity index (χ0v) is 15.7. The molecule has 0 saturated carbocycles. The van der Waals surface area contributed by atoms with E-state index >= 15 is 0 Å². The number of H-pyrrole nitrogens is 1. The Morgan fingerprint density at radius 3 is 2.33 bits per heavy atom. The Morgan fingerprint density at radius 1 is 1.11 bits per heavy atom. The summed E-state index contributed by atoms with van der Waals surface area (Å²) in [6.45, 7) is 0. The summed E-state index contributed by atoms with van der Waals surface area (Å²) < 4.78 is 6.58. The molecule has 0 unspecified atom stereocenters. The summed E-state index contributed by atoms with van der Waals surface area (Å²) in [6.07, 6.45) is 1.86. The van der Waals surface area contributed by atoms with Gasteiger partial charge in [-0.3, -0.25) is 14.3 Å². The number of hydrogen-bond donors (Lipinski definition) is 1. The lowest BCUT2D eigenvalue weighted by Gasteiger charge is -2.16. The summed E-state index contributed by atoms with van der Waals surface area (Å²) in [5.41, 5.74) is 0.830. The number of benzene rings is 2. The van der Waals surface area contributed by atoms with Gasteiger partial charge in [-0.25, -0.2) is 4.79 Å². The first kappa shape index (κ1) is 18.5. The van der Waals surface area contributed by atoms with Crippen molar-refractivity contribution in [3.8, 4) is 28.8 Å². The van der Waals surface area contributed by atoms with Gasteiger partial charge in [0.1, 0.15) is 5.75 Å². The van der Waals surface area contributed by atoms with Crippen molar-refractivity contribution in [3.05, 3.63) is 74.9 Å². The van der Waals surface area contributed by atoms with E-state index in [0.29, 0.717) is 22.7 Å². The maximum absolute atomic E-state index is 12.7. The normalized spacial score (nSPS) is 10.4. The molecule has 0 aliphatic rings. The predicted octanol–water partition coefficient (Wildman–Crippen LogP) is 2.99. The smallest absolute Gasteiger partial charge is 0.333 e. The van der Waals surface area contributed by atoms with E-state index in [0.717, 1.165) is 4.90 Å². The molecule has 3 rings (SSSR count). The second-order valence-corrected chi connectivity index (χ2v) is 6.56. The first-order chi connectivity index (χ1) is 13.1. The molecule has 0 atom stereocenters. The Balaban J connectivity index is 2.34. The molecule has 2 aromatic carbocycles. The van der Waals surface area contributed by atoms with Gasteiger partial charge in [0.05, 0.1) is 36.5 Å². The second-order valence-electron chi connectivity index (χ2n) is 5.68. The Morgan fingerprint density at radius 2 is 1.78 bits per heavy atom. The maximum Gasteiger partial charge on any atom is 0.333 e. The minimum Gasteiger partial charge on any atom is -0.497 e. The van der Waals surface area contributed by atoms with Crippen LogP contribution >= 0.6 is 11.8 Å². The fourth-order valence-electron chi connectivity index (χ4n) is 2.85. The summed E-state index contributed by atoms with van der Waals surface area (Å²) in [6, 6.07) is 16.5. The lowest BCUT2D eigenvalue weighted by atomic mass is 10.0. The number of rotatable bonds is 5. The number of aromatic nitrogens is 2. The third-order valence-corrected chi connectivity index (χ3v) is 4.90. The molecule has 0 radical (unpaired) electrons. The van der Waals surface area contributed by atoms with Crippen LogP contribution in [-0.2, 0) is 6.42 Å². The average molecular weight is 379 g/mol. The van der Waals surface area contributed by atoms with Crippen LogP contribution in [0.5, 0.6) is 5.75 Å². The molecule has 6 nitrogen and oxygen atoms in total. The van der Waals surface area contributed by atoms with E-state index < -0.39 is 11.2 Å². The van der Waals surface area contributed by atoms with Crippen LogP contribution in [0.4, 0.5) is 0 Å². The van der Waals surface area contributed by atoms with E-state index in [9.17, 15) is 14.9 Å². The molecule has 3 aromatic rings. The highest BCUT2D eigenvalue weighted by molar-refractivity contribution is 7.98. The van der Waals surface area contributed by atoms with Crippen LogP contribution in [0.3, 0.4) is 0 Å². The highest BCUT2D eigenvalue weighted by atomic mass is 32.2. The van der Waals surface area contributed by atoms with Gasteiger partial charge in [0.2, 0.25) is 0 Å². The Hall–Kier alpha value is -3.24. The van der Waals surface area contributed by atoms with E-state index in [1.165, 1.54) is 4.57 Å². The summed E-state index contributed by atoms with van der Waals surface area (Å²) in [7, 11) is 1.56. The van der Waals surface area contributed by atoms with Gasteiger partial charge in [-0.05, 0) is 48.2 Å². The number of nitriles is 1. The Kier molecular flexibility index (Phi) is 5.48. The van der Waals surface area contributed by atoms with Crippen LogP contribution in [0.25, 0.3) is 16.9 Å². The molecule has 1 N–H and O–H groups in total. The van der Waals surface area contributed by atoms with Crippen molar-refractivity contribution in [1.82, 2.24) is 9.55 Å². The van der Waals surface area contributed by atoms with Gasteiger partial charge >= 0.3 is 5.69 Å². The molecule has 0 amide bonds.